The molecule has 0 saturated carbocycles. The van der Waals surface area contributed by atoms with E-state index in [4.69, 9.17) is 0 Å². The zero-order valence-corrected chi connectivity index (χ0v) is 16.3. The molecule has 3 heterocycles. The number of likely N-dealkylation sites (tertiary alicyclic amines) is 1. The van der Waals surface area contributed by atoms with Gasteiger partial charge in [0.25, 0.3) is 5.56 Å². The maximum atomic E-state index is 12.3. The number of fused-ring (bicyclic) bond motifs is 1. The number of aromatic nitrogens is 2. The number of nitrogens with zero attached hydrogens (tertiary/aromatic N) is 2. The van der Waals surface area contributed by atoms with Crippen molar-refractivity contribution in [1.29, 1.82) is 0 Å². The molecule has 0 unspecified atom stereocenters. The monoisotopic (exact) mass is 412 g/mol. The topological polar surface area (TPSA) is 38.8 Å². The van der Waals surface area contributed by atoms with E-state index in [0.717, 1.165) is 35.7 Å². The smallest absolute Gasteiger partial charge is 0.258 e. The summed E-state index contributed by atoms with van der Waals surface area (Å²) < 4.78 is 2.47. The maximum absolute atomic E-state index is 12.3. The molecule has 134 valence electrons. The molecule has 2 aromatic heterocycles. The number of nitrogens with one attached hydrogen (secondary N) is 1. The zero-order chi connectivity index (χ0) is 17.9. The number of halogens is 1. The lowest BCUT2D eigenvalue weighted by Gasteiger charge is -2.29. The van der Waals surface area contributed by atoms with Crippen molar-refractivity contribution in [2.45, 2.75) is 25.8 Å². The van der Waals surface area contributed by atoms with E-state index in [0.29, 0.717) is 5.65 Å². The average molecular weight is 413 g/mol. The van der Waals surface area contributed by atoms with Gasteiger partial charge in [0.05, 0.1) is 13.1 Å². The summed E-state index contributed by atoms with van der Waals surface area (Å²) in [6.45, 7) is 3.14. The molecule has 1 aliphatic rings. The number of hydrogen-bond acceptors (Lipinski definition) is 2. The fourth-order valence-corrected chi connectivity index (χ4v) is 4.22. The molecule has 1 N–H and O–H groups in total. The molecule has 0 bridgehead atoms. The van der Waals surface area contributed by atoms with E-state index in [1.165, 1.54) is 29.7 Å². The second-order valence-electron chi connectivity index (χ2n) is 7.22. The van der Waals surface area contributed by atoms with Gasteiger partial charge >= 0.3 is 0 Å². The van der Waals surface area contributed by atoms with Gasteiger partial charge in [0, 0.05) is 16.7 Å². The van der Waals surface area contributed by atoms with E-state index in [2.05, 4.69) is 51.2 Å². The third-order valence-electron chi connectivity index (χ3n) is 5.29. The van der Waals surface area contributed by atoms with E-state index >= 15 is 0 Å². The minimum Gasteiger partial charge on any atom is -0.330 e. The van der Waals surface area contributed by atoms with Crippen LogP contribution in [0.5, 0.6) is 0 Å². The van der Waals surface area contributed by atoms with Crippen LogP contribution >= 0.6 is 15.9 Å². The fraction of sp³-hybridized carbons (Fsp3) is 0.333. The molecule has 0 spiro atoms. The molecule has 0 atom stereocenters. The van der Waals surface area contributed by atoms with Crippen molar-refractivity contribution in [2.24, 2.45) is 5.92 Å². The van der Waals surface area contributed by atoms with Crippen LogP contribution in [0.3, 0.4) is 0 Å². The number of rotatable bonds is 4. The Morgan fingerprint density at radius 1 is 1.12 bits per heavy atom. The van der Waals surface area contributed by atoms with Crippen LogP contribution in [0.2, 0.25) is 0 Å². The standard InChI is InChI=1S/C21H22BrN3O/c22-18-6-7-20-23-19(13-21(26)25(20)14-18)15-24-10-8-17(9-11-24)12-16-4-2-1-3-5-16/h1-7,13-14,17H,8-12,15H2/p+1. The number of pyridine rings is 1. The van der Waals surface area contributed by atoms with Gasteiger partial charge in [-0.05, 0) is 58.8 Å². The van der Waals surface area contributed by atoms with Gasteiger partial charge in [0.15, 0.2) is 0 Å². The lowest BCUT2D eigenvalue weighted by Crippen LogP contribution is -3.11. The van der Waals surface area contributed by atoms with Crippen LogP contribution in [-0.2, 0) is 13.0 Å². The summed E-state index contributed by atoms with van der Waals surface area (Å²) in [7, 11) is 0. The van der Waals surface area contributed by atoms with Crippen LogP contribution in [0.15, 0.2) is 64.0 Å². The van der Waals surface area contributed by atoms with Crippen molar-refractivity contribution >= 4 is 21.6 Å². The second-order valence-corrected chi connectivity index (χ2v) is 8.14. The molecule has 4 nitrogen and oxygen atoms in total. The normalized spacial score (nSPS) is 20.3. The molecule has 3 aromatic rings. The van der Waals surface area contributed by atoms with E-state index in [-0.39, 0.29) is 5.56 Å². The first kappa shape index (κ1) is 17.4. The first-order valence-electron chi connectivity index (χ1n) is 9.23. The lowest BCUT2D eigenvalue weighted by molar-refractivity contribution is -0.920. The molecule has 5 heteroatoms. The highest BCUT2D eigenvalue weighted by Crippen LogP contribution is 2.16. The predicted octanol–water partition coefficient (Wildman–Crippen LogP) is 2.49. The second kappa shape index (κ2) is 7.72. The van der Waals surface area contributed by atoms with Gasteiger partial charge in [-0.1, -0.05) is 30.3 Å². The summed E-state index contributed by atoms with van der Waals surface area (Å²) in [5, 5.41) is 0. The Bertz CT molecular complexity index is 946. The quantitative estimate of drug-likeness (QED) is 0.714. The van der Waals surface area contributed by atoms with E-state index < -0.39 is 0 Å². The number of piperidine rings is 1. The molecule has 0 amide bonds. The van der Waals surface area contributed by atoms with Crippen molar-refractivity contribution in [3.63, 3.8) is 0 Å². The van der Waals surface area contributed by atoms with Crippen LogP contribution in [0.25, 0.3) is 5.65 Å². The Morgan fingerprint density at radius 3 is 2.65 bits per heavy atom. The first-order valence-corrected chi connectivity index (χ1v) is 10.0. The molecule has 1 aliphatic heterocycles. The Balaban J connectivity index is 1.39. The third-order valence-corrected chi connectivity index (χ3v) is 5.76. The lowest BCUT2D eigenvalue weighted by atomic mass is 9.90. The molecular formula is C21H23BrN3O+. The van der Waals surface area contributed by atoms with Gasteiger partial charge in [-0.25, -0.2) is 4.98 Å². The summed E-state index contributed by atoms with van der Waals surface area (Å²) >= 11 is 3.40. The van der Waals surface area contributed by atoms with Crippen molar-refractivity contribution in [2.75, 3.05) is 13.1 Å². The van der Waals surface area contributed by atoms with E-state index in [1.807, 2.05) is 12.1 Å². The van der Waals surface area contributed by atoms with Crippen LogP contribution in [0, 0.1) is 5.92 Å². The van der Waals surface area contributed by atoms with Gasteiger partial charge in [-0.15, -0.1) is 0 Å². The largest absolute Gasteiger partial charge is 0.330 e. The van der Waals surface area contributed by atoms with Crippen molar-refractivity contribution in [1.82, 2.24) is 9.38 Å². The molecule has 0 aliphatic carbocycles. The number of quaternary nitrogens is 1. The molecule has 26 heavy (non-hydrogen) atoms. The molecule has 1 saturated heterocycles. The van der Waals surface area contributed by atoms with Crippen LogP contribution in [0.1, 0.15) is 24.1 Å². The number of benzene rings is 1. The zero-order valence-electron chi connectivity index (χ0n) is 14.7. The van der Waals surface area contributed by atoms with E-state index in [1.54, 1.807) is 16.7 Å². The van der Waals surface area contributed by atoms with Crippen molar-refractivity contribution in [3.8, 4) is 0 Å². The highest BCUT2D eigenvalue weighted by Gasteiger charge is 2.23. The third kappa shape index (κ3) is 4.05. The van der Waals surface area contributed by atoms with Gasteiger partial charge in [0.1, 0.15) is 17.9 Å². The molecule has 1 fully saturated rings. The van der Waals surface area contributed by atoms with Gasteiger partial charge in [-0.3, -0.25) is 9.20 Å². The maximum Gasteiger partial charge on any atom is 0.258 e. The predicted molar refractivity (Wildman–Crippen MR) is 106 cm³/mol. The minimum atomic E-state index is -0.00957. The summed E-state index contributed by atoms with van der Waals surface area (Å²) in [6, 6.07) is 16.3. The van der Waals surface area contributed by atoms with Gasteiger partial charge in [-0.2, -0.15) is 0 Å². The average Bonchev–Trinajstić information content (AvgIpc) is 2.65. The van der Waals surface area contributed by atoms with Crippen molar-refractivity contribution < 1.29 is 4.90 Å². The Morgan fingerprint density at radius 2 is 1.88 bits per heavy atom. The SMILES string of the molecule is O=c1cc(C[NH+]2CCC(Cc3ccccc3)CC2)nc2ccc(Br)cn12. The summed E-state index contributed by atoms with van der Waals surface area (Å²) in [5.74, 6) is 0.772. The summed E-state index contributed by atoms with van der Waals surface area (Å²) in [6.07, 6.45) is 5.43. The molecule has 4 rings (SSSR count). The Hall–Kier alpha value is -1.98. The Labute approximate surface area is 161 Å². The fourth-order valence-electron chi connectivity index (χ4n) is 3.89. The first-order chi connectivity index (χ1) is 12.7. The van der Waals surface area contributed by atoms with Crippen molar-refractivity contribution in [3.05, 3.63) is 80.8 Å². The van der Waals surface area contributed by atoms with Gasteiger partial charge < -0.3 is 4.90 Å². The molecule has 1 aromatic carbocycles. The van der Waals surface area contributed by atoms with Crippen LogP contribution < -0.4 is 10.5 Å². The molecule has 0 radical (unpaired) electrons. The number of hydrogen-bond donors (Lipinski definition) is 1. The van der Waals surface area contributed by atoms with Gasteiger partial charge in [0.2, 0.25) is 0 Å². The minimum absolute atomic E-state index is 0.00957. The highest BCUT2D eigenvalue weighted by atomic mass is 79.9. The Kier molecular flexibility index (Phi) is 5.18. The van der Waals surface area contributed by atoms with Crippen LogP contribution in [0.4, 0.5) is 0 Å². The summed E-state index contributed by atoms with van der Waals surface area (Å²) in [4.78, 5) is 18.6. The molecular weight excluding hydrogens is 390 g/mol. The van der Waals surface area contributed by atoms with Crippen LogP contribution in [-0.4, -0.2) is 22.5 Å². The van der Waals surface area contributed by atoms with E-state index in [9.17, 15) is 4.79 Å². The summed E-state index contributed by atoms with van der Waals surface area (Å²) in [5.41, 5.74) is 3.05. The highest BCUT2D eigenvalue weighted by molar-refractivity contribution is 9.10.